The second kappa shape index (κ2) is 12.3. The summed E-state index contributed by atoms with van der Waals surface area (Å²) in [6, 6.07) is 14.9. The summed E-state index contributed by atoms with van der Waals surface area (Å²) in [5.74, 6) is 1.05. The van der Waals surface area contributed by atoms with Crippen LogP contribution in [0.25, 0.3) is 6.08 Å². The van der Waals surface area contributed by atoms with Crippen molar-refractivity contribution in [1.29, 1.82) is 0 Å². The number of hydrogen-bond acceptors (Lipinski definition) is 3. The van der Waals surface area contributed by atoms with E-state index in [1.165, 1.54) is 6.42 Å². The minimum atomic E-state index is 0.139. The third-order valence-electron chi connectivity index (χ3n) is 2.44. The van der Waals surface area contributed by atoms with Gasteiger partial charge in [-0.05, 0) is 25.1 Å². The zero-order valence-corrected chi connectivity index (χ0v) is 13.9. The molecule has 0 aliphatic rings. The summed E-state index contributed by atoms with van der Waals surface area (Å²) in [7, 11) is 1.66. The molecule has 3 N–H and O–H groups in total. The van der Waals surface area contributed by atoms with E-state index in [1.54, 1.807) is 19.2 Å². The lowest BCUT2D eigenvalue weighted by Crippen LogP contribution is -1.88. The average molecular weight is 301 g/mol. The van der Waals surface area contributed by atoms with Gasteiger partial charge in [0.2, 0.25) is 0 Å². The third kappa shape index (κ3) is 8.00. The van der Waals surface area contributed by atoms with Crippen molar-refractivity contribution in [2.45, 2.75) is 27.2 Å². The fourth-order valence-corrected chi connectivity index (χ4v) is 1.45. The van der Waals surface area contributed by atoms with Crippen molar-refractivity contribution >= 4 is 11.8 Å². The standard InChI is InChI=1S/C9H11NO.C7H8O.C3H8/c1-2-4-7-5-3-6-8(11)9(7)10;1-8-7-5-3-2-4-6-7;1-3-2/h2-6,11H,10H2,1H3;2-6H,1H3;3H2,1-2H3/b4-2-;;. The number of benzene rings is 2. The number of para-hydroxylation sites is 2. The number of phenolic OH excluding ortho intramolecular Hbond substituents is 1. The van der Waals surface area contributed by atoms with Crippen molar-refractivity contribution in [3.63, 3.8) is 0 Å². The molecule has 0 aliphatic carbocycles. The lowest BCUT2D eigenvalue weighted by molar-refractivity contribution is 0.415. The Morgan fingerprint density at radius 1 is 1.05 bits per heavy atom. The molecule has 0 unspecified atom stereocenters. The Morgan fingerprint density at radius 3 is 2.09 bits per heavy atom. The summed E-state index contributed by atoms with van der Waals surface area (Å²) in [4.78, 5) is 0. The van der Waals surface area contributed by atoms with Crippen LogP contribution >= 0.6 is 0 Å². The summed E-state index contributed by atoms with van der Waals surface area (Å²) >= 11 is 0. The topological polar surface area (TPSA) is 55.5 Å². The van der Waals surface area contributed by atoms with Crippen LogP contribution in [0.15, 0.2) is 54.6 Å². The molecule has 0 fully saturated rings. The Hall–Kier alpha value is -2.42. The van der Waals surface area contributed by atoms with Crippen LogP contribution in [0.5, 0.6) is 11.5 Å². The van der Waals surface area contributed by atoms with Crippen molar-refractivity contribution in [1.82, 2.24) is 0 Å². The van der Waals surface area contributed by atoms with E-state index in [4.69, 9.17) is 15.6 Å². The van der Waals surface area contributed by atoms with Crippen molar-refractivity contribution in [2.24, 2.45) is 0 Å². The van der Waals surface area contributed by atoms with Gasteiger partial charge >= 0.3 is 0 Å². The molecule has 2 aromatic carbocycles. The van der Waals surface area contributed by atoms with Crippen LogP contribution in [0.3, 0.4) is 0 Å². The molecule has 0 saturated carbocycles. The van der Waals surface area contributed by atoms with Crippen LogP contribution in [0, 0.1) is 0 Å². The van der Waals surface area contributed by atoms with Crippen LogP contribution in [0.1, 0.15) is 32.8 Å². The highest BCUT2D eigenvalue weighted by Crippen LogP contribution is 2.24. The largest absolute Gasteiger partial charge is 0.506 e. The van der Waals surface area contributed by atoms with E-state index in [-0.39, 0.29) is 5.75 Å². The Bertz CT molecular complexity index is 536. The van der Waals surface area contributed by atoms with Gasteiger partial charge in [0.25, 0.3) is 0 Å². The van der Waals surface area contributed by atoms with E-state index in [0.717, 1.165) is 11.3 Å². The summed E-state index contributed by atoms with van der Waals surface area (Å²) in [6.45, 7) is 6.16. The van der Waals surface area contributed by atoms with Crippen LogP contribution in [-0.4, -0.2) is 12.2 Å². The number of nitrogen functional groups attached to an aromatic ring is 1. The number of aromatic hydroxyl groups is 1. The Morgan fingerprint density at radius 2 is 1.64 bits per heavy atom. The SMILES string of the molecule is C/C=C\c1cccc(O)c1N.CCC.COc1ccccc1. The molecule has 0 atom stereocenters. The monoisotopic (exact) mass is 301 g/mol. The number of hydrogen-bond donors (Lipinski definition) is 2. The zero-order chi connectivity index (χ0) is 16.8. The fraction of sp³-hybridized carbons (Fsp3) is 0.263. The van der Waals surface area contributed by atoms with Gasteiger partial charge in [-0.2, -0.15) is 0 Å². The molecule has 120 valence electrons. The lowest BCUT2D eigenvalue weighted by Gasteiger charge is -2.01. The van der Waals surface area contributed by atoms with Gasteiger partial charge in [-0.15, -0.1) is 0 Å². The first kappa shape index (κ1) is 19.6. The first-order valence-electron chi connectivity index (χ1n) is 7.39. The van der Waals surface area contributed by atoms with Crippen molar-refractivity contribution in [2.75, 3.05) is 12.8 Å². The minimum absolute atomic E-state index is 0.139. The van der Waals surface area contributed by atoms with E-state index >= 15 is 0 Å². The highest BCUT2D eigenvalue weighted by molar-refractivity contribution is 5.69. The van der Waals surface area contributed by atoms with Gasteiger partial charge in [0.15, 0.2) is 0 Å². The number of phenols is 1. The lowest BCUT2D eigenvalue weighted by atomic mass is 10.1. The third-order valence-corrected chi connectivity index (χ3v) is 2.44. The molecule has 0 bridgehead atoms. The number of anilines is 1. The van der Waals surface area contributed by atoms with Crippen molar-refractivity contribution in [3.8, 4) is 11.5 Å². The second-order valence-electron chi connectivity index (χ2n) is 4.50. The van der Waals surface area contributed by atoms with E-state index in [0.29, 0.717) is 5.69 Å². The molecule has 0 amide bonds. The summed E-state index contributed by atoms with van der Waals surface area (Å²) in [5, 5.41) is 9.17. The average Bonchev–Trinajstić information content (AvgIpc) is 2.54. The Kier molecular flexibility index (Phi) is 11.0. The van der Waals surface area contributed by atoms with Gasteiger partial charge in [0.05, 0.1) is 12.8 Å². The predicted molar refractivity (Wildman–Crippen MR) is 96.2 cm³/mol. The molecule has 0 aliphatic heterocycles. The van der Waals surface area contributed by atoms with Gasteiger partial charge in [0.1, 0.15) is 11.5 Å². The normalized spacial score (nSPS) is 9.27. The Labute approximate surface area is 134 Å². The van der Waals surface area contributed by atoms with Crippen molar-refractivity contribution < 1.29 is 9.84 Å². The van der Waals surface area contributed by atoms with Crippen molar-refractivity contribution in [3.05, 3.63) is 60.2 Å². The number of rotatable bonds is 2. The van der Waals surface area contributed by atoms with Gasteiger partial charge in [-0.25, -0.2) is 0 Å². The van der Waals surface area contributed by atoms with E-state index in [2.05, 4.69) is 13.8 Å². The molecule has 0 saturated heterocycles. The van der Waals surface area contributed by atoms with Gasteiger partial charge < -0.3 is 15.6 Å². The van der Waals surface area contributed by atoms with Crippen LogP contribution < -0.4 is 10.5 Å². The smallest absolute Gasteiger partial charge is 0.139 e. The van der Waals surface area contributed by atoms with Gasteiger partial charge in [0, 0.05) is 5.56 Å². The van der Waals surface area contributed by atoms with E-state index in [9.17, 15) is 0 Å². The second-order valence-corrected chi connectivity index (χ2v) is 4.50. The molecule has 22 heavy (non-hydrogen) atoms. The number of allylic oxidation sites excluding steroid dienone is 1. The quantitative estimate of drug-likeness (QED) is 0.598. The number of ether oxygens (including phenoxy) is 1. The number of methoxy groups -OCH3 is 1. The summed E-state index contributed by atoms with van der Waals surface area (Å²) in [5.41, 5.74) is 6.86. The molecule has 0 aromatic heterocycles. The molecule has 3 nitrogen and oxygen atoms in total. The van der Waals surface area contributed by atoms with E-state index in [1.807, 2.05) is 55.5 Å². The first-order chi connectivity index (χ1) is 10.6. The molecular weight excluding hydrogens is 274 g/mol. The van der Waals surface area contributed by atoms with Crippen LogP contribution in [-0.2, 0) is 0 Å². The van der Waals surface area contributed by atoms with Gasteiger partial charge in [-0.3, -0.25) is 0 Å². The predicted octanol–water partition coefficient (Wildman–Crippen LogP) is 5.12. The molecular formula is C19H27NO2. The molecule has 2 rings (SSSR count). The number of nitrogens with two attached hydrogens (primary N) is 1. The van der Waals surface area contributed by atoms with Crippen LogP contribution in [0.2, 0.25) is 0 Å². The highest BCUT2D eigenvalue weighted by Gasteiger charge is 1.98. The highest BCUT2D eigenvalue weighted by atomic mass is 16.5. The maximum atomic E-state index is 9.17. The minimum Gasteiger partial charge on any atom is -0.506 e. The summed E-state index contributed by atoms with van der Waals surface area (Å²) < 4.78 is 4.91. The van der Waals surface area contributed by atoms with E-state index < -0.39 is 0 Å². The maximum Gasteiger partial charge on any atom is 0.139 e. The zero-order valence-electron chi connectivity index (χ0n) is 13.9. The Balaban J connectivity index is 0.000000352. The van der Waals surface area contributed by atoms with Gasteiger partial charge in [-0.1, -0.05) is 62.8 Å². The molecule has 0 spiro atoms. The van der Waals surface area contributed by atoms with Crippen LogP contribution in [0.4, 0.5) is 5.69 Å². The molecule has 0 radical (unpaired) electrons. The molecule has 2 aromatic rings. The first-order valence-corrected chi connectivity index (χ1v) is 7.39. The summed E-state index contributed by atoms with van der Waals surface area (Å²) in [6.07, 6.45) is 4.99. The maximum absolute atomic E-state index is 9.17. The fourth-order valence-electron chi connectivity index (χ4n) is 1.45. The molecule has 0 heterocycles. The molecule has 3 heteroatoms.